The van der Waals surface area contributed by atoms with E-state index in [1.165, 1.54) is 5.56 Å². The molecule has 1 heterocycles. The normalized spacial score (nSPS) is 17.1. The van der Waals surface area contributed by atoms with Gasteiger partial charge in [-0.05, 0) is 23.8 Å². The number of hydrogen-bond acceptors (Lipinski definition) is 2. The molecular weight excluding hydrogens is 304 g/mol. The highest BCUT2D eigenvalue weighted by molar-refractivity contribution is 9.10. The number of nitrogens with one attached hydrogen (secondary N) is 2. The molecule has 3 rings (SSSR count). The van der Waals surface area contributed by atoms with Crippen molar-refractivity contribution in [3.8, 4) is 0 Å². The van der Waals surface area contributed by atoms with Gasteiger partial charge in [-0.3, -0.25) is 10.1 Å². The lowest BCUT2D eigenvalue weighted by molar-refractivity contribution is -0.117. The van der Waals surface area contributed by atoms with Crippen LogP contribution in [0.1, 0.15) is 17.2 Å². The van der Waals surface area contributed by atoms with E-state index in [1.54, 1.807) is 0 Å². The predicted molar refractivity (Wildman–Crippen MR) is 78.8 cm³/mol. The molecule has 2 aromatic rings. The van der Waals surface area contributed by atoms with Gasteiger partial charge >= 0.3 is 0 Å². The molecule has 0 saturated carbocycles. The number of amides is 1. The van der Waals surface area contributed by atoms with Gasteiger partial charge < -0.3 is 5.32 Å². The van der Waals surface area contributed by atoms with Crippen LogP contribution in [0.4, 0.5) is 5.69 Å². The van der Waals surface area contributed by atoms with Crippen molar-refractivity contribution in [3.05, 3.63) is 64.1 Å². The highest BCUT2D eigenvalue weighted by Gasteiger charge is 2.29. The third kappa shape index (κ3) is 2.55. The minimum Gasteiger partial charge on any atom is -0.324 e. The highest BCUT2D eigenvalue weighted by atomic mass is 79.9. The summed E-state index contributed by atoms with van der Waals surface area (Å²) < 4.78 is 0.981. The number of rotatable bonds is 3. The first kappa shape index (κ1) is 12.4. The van der Waals surface area contributed by atoms with Crippen LogP contribution >= 0.6 is 15.9 Å². The molecule has 2 N–H and O–H groups in total. The average Bonchev–Trinajstić information content (AvgIpc) is 2.73. The van der Waals surface area contributed by atoms with Gasteiger partial charge in [0.25, 0.3) is 0 Å². The molecule has 4 heteroatoms. The second-order valence-electron chi connectivity index (χ2n) is 4.52. The first-order valence-corrected chi connectivity index (χ1v) is 6.91. The van der Waals surface area contributed by atoms with Crippen LogP contribution in [-0.4, -0.2) is 5.91 Å². The van der Waals surface area contributed by atoms with E-state index in [0.717, 1.165) is 15.7 Å². The fraction of sp³-hybridized carbons (Fsp3) is 0.133. The summed E-state index contributed by atoms with van der Waals surface area (Å²) in [7, 11) is 0. The zero-order chi connectivity index (χ0) is 13.2. The average molecular weight is 317 g/mol. The van der Waals surface area contributed by atoms with Gasteiger partial charge in [0, 0.05) is 22.3 Å². The molecule has 1 atom stereocenters. The van der Waals surface area contributed by atoms with Crippen molar-refractivity contribution >= 4 is 27.5 Å². The molecule has 1 aliphatic heterocycles. The van der Waals surface area contributed by atoms with Crippen molar-refractivity contribution < 1.29 is 4.79 Å². The molecule has 2 aromatic carbocycles. The van der Waals surface area contributed by atoms with E-state index in [2.05, 4.69) is 26.6 Å². The summed E-state index contributed by atoms with van der Waals surface area (Å²) in [5, 5.41) is 6.19. The molecule has 0 saturated heterocycles. The Morgan fingerprint density at radius 2 is 1.95 bits per heavy atom. The smallest absolute Gasteiger partial charge is 0.246 e. The molecule has 0 radical (unpaired) electrons. The Kier molecular flexibility index (Phi) is 3.36. The second-order valence-corrected chi connectivity index (χ2v) is 5.44. The highest BCUT2D eigenvalue weighted by Crippen LogP contribution is 2.33. The van der Waals surface area contributed by atoms with Gasteiger partial charge in [-0.2, -0.15) is 0 Å². The second kappa shape index (κ2) is 5.15. The summed E-state index contributed by atoms with van der Waals surface area (Å²) in [5.41, 5.74) is 3.05. The third-order valence-electron chi connectivity index (χ3n) is 3.20. The topological polar surface area (TPSA) is 41.1 Å². The monoisotopic (exact) mass is 316 g/mol. The summed E-state index contributed by atoms with van der Waals surface area (Å²) in [6, 6.07) is 15.6. The van der Waals surface area contributed by atoms with Crippen molar-refractivity contribution in [2.24, 2.45) is 0 Å². The standard InChI is InChI=1S/C15H13BrN2O/c16-11-6-7-13-12(8-11)14(15(19)18-13)17-9-10-4-2-1-3-5-10/h1-8,14,17H,9H2,(H,18,19). The molecule has 0 spiro atoms. The Labute approximate surface area is 120 Å². The molecular formula is C15H13BrN2O. The fourth-order valence-corrected chi connectivity index (χ4v) is 2.63. The number of anilines is 1. The molecule has 0 bridgehead atoms. The van der Waals surface area contributed by atoms with E-state index in [9.17, 15) is 4.79 Å². The lowest BCUT2D eigenvalue weighted by Gasteiger charge is -2.11. The first-order chi connectivity index (χ1) is 9.24. The van der Waals surface area contributed by atoms with Gasteiger partial charge in [0.15, 0.2) is 0 Å². The van der Waals surface area contributed by atoms with E-state index in [4.69, 9.17) is 0 Å². The van der Waals surface area contributed by atoms with Crippen molar-refractivity contribution in [1.82, 2.24) is 5.32 Å². The van der Waals surface area contributed by atoms with E-state index in [0.29, 0.717) is 6.54 Å². The maximum Gasteiger partial charge on any atom is 0.246 e. The molecule has 1 aliphatic rings. The van der Waals surface area contributed by atoms with Crippen LogP contribution in [-0.2, 0) is 11.3 Å². The van der Waals surface area contributed by atoms with Crippen LogP contribution in [0.25, 0.3) is 0 Å². The van der Waals surface area contributed by atoms with Gasteiger partial charge in [-0.15, -0.1) is 0 Å². The number of hydrogen-bond donors (Lipinski definition) is 2. The zero-order valence-electron chi connectivity index (χ0n) is 10.2. The third-order valence-corrected chi connectivity index (χ3v) is 3.69. The van der Waals surface area contributed by atoms with Crippen LogP contribution in [0.3, 0.4) is 0 Å². The number of fused-ring (bicyclic) bond motifs is 1. The van der Waals surface area contributed by atoms with Crippen LogP contribution in [0.2, 0.25) is 0 Å². The van der Waals surface area contributed by atoms with Gasteiger partial charge in [-0.1, -0.05) is 46.3 Å². The maximum absolute atomic E-state index is 12.0. The molecule has 3 nitrogen and oxygen atoms in total. The van der Waals surface area contributed by atoms with Gasteiger partial charge in [-0.25, -0.2) is 0 Å². The summed E-state index contributed by atoms with van der Waals surface area (Å²) >= 11 is 3.44. The molecule has 1 unspecified atom stereocenters. The summed E-state index contributed by atoms with van der Waals surface area (Å²) in [5.74, 6) is 0.00373. The van der Waals surface area contributed by atoms with Crippen molar-refractivity contribution in [2.75, 3.05) is 5.32 Å². The van der Waals surface area contributed by atoms with E-state index in [1.807, 2.05) is 48.5 Å². The Morgan fingerprint density at radius 3 is 2.74 bits per heavy atom. The minimum absolute atomic E-state index is 0.00373. The van der Waals surface area contributed by atoms with Gasteiger partial charge in [0.2, 0.25) is 5.91 Å². The Hall–Kier alpha value is -1.65. The summed E-state index contributed by atoms with van der Waals surface area (Å²) in [4.78, 5) is 12.0. The summed E-state index contributed by atoms with van der Waals surface area (Å²) in [6.07, 6.45) is 0. The van der Waals surface area contributed by atoms with E-state index >= 15 is 0 Å². The SMILES string of the molecule is O=C1Nc2ccc(Br)cc2C1NCc1ccccc1. The van der Waals surface area contributed by atoms with Crippen molar-refractivity contribution in [2.45, 2.75) is 12.6 Å². The minimum atomic E-state index is -0.285. The molecule has 0 aromatic heterocycles. The largest absolute Gasteiger partial charge is 0.324 e. The lowest BCUT2D eigenvalue weighted by Crippen LogP contribution is -2.27. The zero-order valence-corrected chi connectivity index (χ0v) is 11.8. The molecule has 0 aliphatic carbocycles. The first-order valence-electron chi connectivity index (χ1n) is 6.11. The molecule has 1 amide bonds. The van der Waals surface area contributed by atoms with Crippen molar-refractivity contribution in [1.29, 1.82) is 0 Å². The van der Waals surface area contributed by atoms with Gasteiger partial charge in [0.05, 0.1) is 0 Å². The number of halogens is 1. The maximum atomic E-state index is 12.0. The number of benzene rings is 2. The van der Waals surface area contributed by atoms with E-state index < -0.39 is 0 Å². The quantitative estimate of drug-likeness (QED) is 0.912. The number of carbonyl (C=O) groups is 1. The lowest BCUT2D eigenvalue weighted by atomic mass is 10.1. The van der Waals surface area contributed by atoms with Crippen LogP contribution in [0, 0.1) is 0 Å². The summed E-state index contributed by atoms with van der Waals surface area (Å²) in [6.45, 7) is 0.672. The van der Waals surface area contributed by atoms with Crippen molar-refractivity contribution in [3.63, 3.8) is 0 Å². The Balaban J connectivity index is 1.79. The van der Waals surface area contributed by atoms with E-state index in [-0.39, 0.29) is 11.9 Å². The number of carbonyl (C=O) groups excluding carboxylic acids is 1. The predicted octanol–water partition coefficient (Wildman–Crippen LogP) is 3.23. The van der Waals surface area contributed by atoms with Crippen LogP contribution < -0.4 is 10.6 Å². The van der Waals surface area contributed by atoms with Crippen LogP contribution in [0.5, 0.6) is 0 Å². The van der Waals surface area contributed by atoms with Crippen LogP contribution in [0.15, 0.2) is 53.0 Å². The Bertz CT molecular complexity index is 613. The molecule has 19 heavy (non-hydrogen) atoms. The molecule has 96 valence electrons. The molecule has 0 fully saturated rings. The van der Waals surface area contributed by atoms with Gasteiger partial charge in [0.1, 0.15) is 6.04 Å². The Morgan fingerprint density at radius 1 is 1.16 bits per heavy atom. The fourth-order valence-electron chi connectivity index (χ4n) is 2.25.